The number of benzene rings is 2. The van der Waals surface area contributed by atoms with Crippen LogP contribution in [0.4, 0.5) is 0 Å². The van der Waals surface area contributed by atoms with Crippen LogP contribution in [0.1, 0.15) is 49.1 Å². The maximum Gasteiger partial charge on any atom is 0.239 e. The largest absolute Gasteiger partial charge is 0.496 e. The number of carbonyl (C=O) groups excluding carboxylic acids is 2. The molecule has 3 aliphatic heterocycles. The third-order valence-electron chi connectivity index (χ3n) is 8.04. The first-order valence-electron chi connectivity index (χ1n) is 13.1. The monoisotopic (exact) mass is 491 g/mol. The Morgan fingerprint density at radius 2 is 1.83 bits per heavy atom. The third kappa shape index (κ3) is 5.73. The summed E-state index contributed by atoms with van der Waals surface area (Å²) in [7, 11) is 1.72. The van der Waals surface area contributed by atoms with Gasteiger partial charge in [0.1, 0.15) is 5.75 Å². The van der Waals surface area contributed by atoms with Crippen molar-refractivity contribution < 1.29 is 19.1 Å². The smallest absolute Gasteiger partial charge is 0.239 e. The molecule has 3 aliphatic rings. The Bertz CT molecular complexity index is 1050. The maximum atomic E-state index is 12.6. The minimum absolute atomic E-state index is 0.0427. The number of nitrogens with zero attached hydrogens (tertiary/aromatic N) is 2. The molecule has 0 aromatic heterocycles. The Labute approximate surface area is 213 Å². The van der Waals surface area contributed by atoms with Crippen LogP contribution in [0.2, 0.25) is 0 Å². The predicted octanol–water partition coefficient (Wildman–Crippen LogP) is 3.34. The van der Waals surface area contributed by atoms with Gasteiger partial charge in [0.05, 0.1) is 25.4 Å². The van der Waals surface area contributed by atoms with Crippen LogP contribution in [0.15, 0.2) is 54.6 Å². The number of para-hydroxylation sites is 1. The van der Waals surface area contributed by atoms with Crippen LogP contribution in [-0.4, -0.2) is 73.2 Å². The Kier molecular flexibility index (Phi) is 7.58. The van der Waals surface area contributed by atoms with Crippen molar-refractivity contribution in [1.29, 1.82) is 0 Å². The van der Waals surface area contributed by atoms with Crippen molar-refractivity contribution in [1.82, 2.24) is 15.1 Å². The van der Waals surface area contributed by atoms with E-state index >= 15 is 0 Å². The van der Waals surface area contributed by atoms with E-state index in [9.17, 15) is 9.59 Å². The number of methoxy groups -OCH3 is 1. The summed E-state index contributed by atoms with van der Waals surface area (Å²) >= 11 is 0. The summed E-state index contributed by atoms with van der Waals surface area (Å²) in [5.41, 5.74) is 2.31. The van der Waals surface area contributed by atoms with Crippen LogP contribution in [0.25, 0.3) is 0 Å². The second-order valence-corrected chi connectivity index (χ2v) is 10.4. The summed E-state index contributed by atoms with van der Waals surface area (Å²) in [6.07, 6.45) is 4.54. The first-order chi connectivity index (χ1) is 17.5. The lowest BCUT2D eigenvalue weighted by Crippen LogP contribution is -2.45. The molecule has 0 radical (unpaired) electrons. The van der Waals surface area contributed by atoms with Gasteiger partial charge in [-0.05, 0) is 37.3 Å². The molecule has 7 heteroatoms. The molecular weight excluding hydrogens is 454 g/mol. The van der Waals surface area contributed by atoms with E-state index in [1.165, 1.54) is 5.56 Å². The van der Waals surface area contributed by atoms with Crippen molar-refractivity contribution in [3.63, 3.8) is 0 Å². The van der Waals surface area contributed by atoms with Gasteiger partial charge in [-0.25, -0.2) is 0 Å². The molecule has 5 rings (SSSR count). The number of carbonyl (C=O) groups is 2. The molecule has 1 N–H and O–H groups in total. The van der Waals surface area contributed by atoms with Gasteiger partial charge in [0.2, 0.25) is 11.8 Å². The molecule has 2 atom stereocenters. The number of amides is 2. The lowest BCUT2D eigenvalue weighted by molar-refractivity contribution is -0.133. The average molecular weight is 492 g/mol. The zero-order valence-electron chi connectivity index (χ0n) is 21.2. The normalized spacial score (nSPS) is 23.8. The second kappa shape index (κ2) is 11.0. The summed E-state index contributed by atoms with van der Waals surface area (Å²) in [5.74, 6) is 1.05. The maximum absolute atomic E-state index is 12.6. The summed E-state index contributed by atoms with van der Waals surface area (Å²) in [5, 5.41) is 3.02. The molecule has 1 spiro atoms. The zero-order chi connectivity index (χ0) is 25.0. The van der Waals surface area contributed by atoms with Gasteiger partial charge in [0.25, 0.3) is 0 Å². The van der Waals surface area contributed by atoms with Gasteiger partial charge >= 0.3 is 0 Å². The highest BCUT2D eigenvalue weighted by Gasteiger charge is 2.42. The minimum atomic E-state index is -0.103. The van der Waals surface area contributed by atoms with Crippen LogP contribution in [0.3, 0.4) is 0 Å². The van der Waals surface area contributed by atoms with Crippen molar-refractivity contribution in [2.45, 2.75) is 56.3 Å². The first kappa shape index (κ1) is 24.8. The standard InChI is InChI=1S/C29H37N3O4/c1-35-26-10-6-5-9-23(26)19-31-15-13-29(14-16-31)12-11-25(36-29)18-30-27(33)21-32-20-24(17-28(32)34)22-7-3-2-4-8-22/h2-10,24-25H,11-21H2,1H3,(H,30,33)/t24-,25-/m0/s1. The lowest BCUT2D eigenvalue weighted by atomic mass is 9.88. The molecular formula is C29H37N3O4. The second-order valence-electron chi connectivity index (χ2n) is 10.4. The van der Waals surface area contributed by atoms with Gasteiger partial charge in [-0.3, -0.25) is 14.5 Å². The zero-order valence-corrected chi connectivity index (χ0v) is 21.2. The number of rotatable bonds is 8. The van der Waals surface area contributed by atoms with Gasteiger partial charge in [0, 0.05) is 50.6 Å². The summed E-state index contributed by atoms with van der Waals surface area (Å²) in [6, 6.07) is 18.3. The summed E-state index contributed by atoms with van der Waals surface area (Å²) in [4.78, 5) is 29.2. The molecule has 7 nitrogen and oxygen atoms in total. The van der Waals surface area contributed by atoms with Gasteiger partial charge in [0.15, 0.2) is 0 Å². The molecule has 3 fully saturated rings. The molecule has 192 valence electrons. The summed E-state index contributed by atoms with van der Waals surface area (Å²) in [6.45, 7) is 4.12. The van der Waals surface area contributed by atoms with E-state index in [0.717, 1.165) is 56.6 Å². The molecule has 36 heavy (non-hydrogen) atoms. The quantitative estimate of drug-likeness (QED) is 0.613. The Morgan fingerprint density at radius 3 is 2.61 bits per heavy atom. The van der Waals surface area contributed by atoms with Gasteiger partial charge < -0.3 is 19.7 Å². The first-order valence-corrected chi connectivity index (χ1v) is 13.1. The van der Waals surface area contributed by atoms with E-state index in [2.05, 4.69) is 34.5 Å². The molecule has 0 bridgehead atoms. The molecule has 0 aliphatic carbocycles. The molecule has 3 saturated heterocycles. The van der Waals surface area contributed by atoms with Crippen LogP contribution in [0.5, 0.6) is 5.75 Å². The van der Waals surface area contributed by atoms with E-state index in [4.69, 9.17) is 9.47 Å². The fraction of sp³-hybridized carbons (Fsp3) is 0.517. The topological polar surface area (TPSA) is 71.1 Å². The number of hydrogen-bond acceptors (Lipinski definition) is 5. The molecule has 0 saturated carbocycles. The molecule has 0 unspecified atom stereocenters. The van der Waals surface area contributed by atoms with E-state index in [-0.39, 0.29) is 36.0 Å². The van der Waals surface area contributed by atoms with Crippen molar-refractivity contribution in [2.24, 2.45) is 0 Å². The minimum Gasteiger partial charge on any atom is -0.496 e. The van der Waals surface area contributed by atoms with Crippen LogP contribution >= 0.6 is 0 Å². The molecule has 2 aromatic rings. The predicted molar refractivity (Wildman–Crippen MR) is 138 cm³/mol. The Morgan fingerprint density at radius 1 is 1.08 bits per heavy atom. The van der Waals surface area contributed by atoms with E-state index in [1.807, 2.05) is 30.3 Å². The highest BCUT2D eigenvalue weighted by Crippen LogP contribution is 2.39. The number of hydrogen-bond donors (Lipinski definition) is 1. The van der Waals surface area contributed by atoms with Crippen molar-refractivity contribution in [3.05, 3.63) is 65.7 Å². The number of piperidine rings is 1. The third-order valence-corrected chi connectivity index (χ3v) is 8.04. The van der Waals surface area contributed by atoms with Crippen LogP contribution < -0.4 is 10.1 Å². The average Bonchev–Trinajstić information content (AvgIpc) is 3.48. The van der Waals surface area contributed by atoms with Gasteiger partial charge in [-0.15, -0.1) is 0 Å². The van der Waals surface area contributed by atoms with E-state index < -0.39 is 0 Å². The lowest BCUT2D eigenvalue weighted by Gasteiger charge is -2.39. The summed E-state index contributed by atoms with van der Waals surface area (Å²) < 4.78 is 12.0. The van der Waals surface area contributed by atoms with Crippen LogP contribution in [-0.2, 0) is 20.9 Å². The SMILES string of the molecule is COc1ccccc1CN1CCC2(CC[C@@H](CNC(=O)CN3C[C@@H](c4ccccc4)CC3=O)O2)CC1. The van der Waals surface area contributed by atoms with Crippen molar-refractivity contribution in [2.75, 3.05) is 39.8 Å². The fourth-order valence-corrected chi connectivity index (χ4v) is 5.93. The van der Waals surface area contributed by atoms with Gasteiger partial charge in [-0.1, -0.05) is 48.5 Å². The van der Waals surface area contributed by atoms with Crippen molar-refractivity contribution >= 4 is 11.8 Å². The van der Waals surface area contributed by atoms with E-state index in [0.29, 0.717) is 19.5 Å². The Balaban J connectivity index is 1.04. The van der Waals surface area contributed by atoms with Crippen molar-refractivity contribution in [3.8, 4) is 5.75 Å². The Hall–Kier alpha value is -2.90. The molecule has 3 heterocycles. The van der Waals surface area contributed by atoms with Crippen LogP contribution in [0, 0.1) is 0 Å². The number of nitrogens with one attached hydrogen (secondary N) is 1. The highest BCUT2D eigenvalue weighted by molar-refractivity contribution is 5.86. The fourth-order valence-electron chi connectivity index (χ4n) is 5.93. The van der Waals surface area contributed by atoms with Gasteiger partial charge in [-0.2, -0.15) is 0 Å². The number of likely N-dealkylation sites (tertiary alicyclic amines) is 2. The molecule has 2 amide bonds. The van der Waals surface area contributed by atoms with E-state index in [1.54, 1.807) is 12.0 Å². The highest BCUT2D eigenvalue weighted by atomic mass is 16.5. The molecule has 2 aromatic carbocycles. The number of ether oxygens (including phenoxy) is 2.